The van der Waals surface area contributed by atoms with E-state index in [0.717, 1.165) is 39.1 Å². The number of aromatic amines is 2. The highest BCUT2D eigenvalue weighted by atomic mass is 19.1. The Hall–Kier alpha value is -2.63. The molecule has 6 heteroatoms. The standard InChI is InChI=1S/C18H21FN4O/c1-9-14(15-7-13(19)5-6-16(15)20-9)8-17(24)21-10(2)18-11(3)22-23-12(18)4/h5-7,10,20H,8H2,1-4H3,(H,21,24)(H,22,23). The smallest absolute Gasteiger partial charge is 0.224 e. The van der Waals surface area contributed by atoms with Gasteiger partial charge in [-0.25, -0.2) is 4.39 Å². The van der Waals surface area contributed by atoms with Crippen molar-refractivity contribution in [2.24, 2.45) is 0 Å². The summed E-state index contributed by atoms with van der Waals surface area (Å²) < 4.78 is 13.5. The van der Waals surface area contributed by atoms with Crippen LogP contribution in [0.3, 0.4) is 0 Å². The predicted molar refractivity (Wildman–Crippen MR) is 91.3 cm³/mol. The molecular formula is C18H21FN4O. The normalized spacial score (nSPS) is 12.5. The first-order valence-electron chi connectivity index (χ1n) is 7.94. The van der Waals surface area contributed by atoms with Crippen molar-refractivity contribution in [2.45, 2.75) is 40.2 Å². The Morgan fingerprint density at radius 3 is 2.71 bits per heavy atom. The van der Waals surface area contributed by atoms with Crippen LogP contribution in [0.15, 0.2) is 18.2 Å². The number of aromatic nitrogens is 3. The van der Waals surface area contributed by atoms with E-state index >= 15 is 0 Å². The second-order valence-electron chi connectivity index (χ2n) is 6.23. The molecular weight excluding hydrogens is 307 g/mol. The largest absolute Gasteiger partial charge is 0.358 e. The molecule has 3 rings (SSSR count). The number of carbonyl (C=O) groups is 1. The average Bonchev–Trinajstić information content (AvgIpc) is 2.99. The van der Waals surface area contributed by atoms with Gasteiger partial charge >= 0.3 is 0 Å². The zero-order valence-corrected chi connectivity index (χ0v) is 14.2. The molecule has 126 valence electrons. The highest BCUT2D eigenvalue weighted by Gasteiger charge is 2.18. The van der Waals surface area contributed by atoms with Crippen LogP contribution in [0.2, 0.25) is 0 Å². The van der Waals surface area contributed by atoms with E-state index in [2.05, 4.69) is 20.5 Å². The molecule has 3 N–H and O–H groups in total. The van der Waals surface area contributed by atoms with E-state index < -0.39 is 0 Å². The lowest BCUT2D eigenvalue weighted by molar-refractivity contribution is -0.121. The zero-order valence-electron chi connectivity index (χ0n) is 14.2. The number of rotatable bonds is 4. The highest BCUT2D eigenvalue weighted by Crippen LogP contribution is 2.24. The fraction of sp³-hybridized carbons (Fsp3) is 0.333. The van der Waals surface area contributed by atoms with Crippen molar-refractivity contribution in [3.05, 3.63) is 52.2 Å². The van der Waals surface area contributed by atoms with Gasteiger partial charge in [0.05, 0.1) is 18.2 Å². The third-order valence-electron chi connectivity index (χ3n) is 4.41. The average molecular weight is 328 g/mol. The predicted octanol–water partition coefficient (Wildman–Crippen LogP) is 3.38. The topological polar surface area (TPSA) is 73.6 Å². The number of hydrogen-bond donors (Lipinski definition) is 3. The number of carbonyl (C=O) groups excluding carboxylic acids is 1. The maximum atomic E-state index is 13.5. The summed E-state index contributed by atoms with van der Waals surface area (Å²) in [6.45, 7) is 7.68. The molecule has 0 aliphatic carbocycles. The molecule has 0 saturated carbocycles. The van der Waals surface area contributed by atoms with Crippen molar-refractivity contribution in [2.75, 3.05) is 0 Å². The molecule has 0 aliphatic rings. The molecule has 2 heterocycles. The molecule has 24 heavy (non-hydrogen) atoms. The number of fused-ring (bicyclic) bond motifs is 1. The second kappa shape index (κ2) is 6.11. The summed E-state index contributed by atoms with van der Waals surface area (Å²) in [7, 11) is 0. The van der Waals surface area contributed by atoms with E-state index in [0.29, 0.717) is 0 Å². The molecule has 1 aromatic carbocycles. The van der Waals surface area contributed by atoms with E-state index in [1.165, 1.54) is 12.1 Å². The van der Waals surface area contributed by atoms with Gasteiger partial charge in [0.15, 0.2) is 0 Å². The Labute approximate surface area is 139 Å². The van der Waals surface area contributed by atoms with E-state index in [4.69, 9.17) is 0 Å². The minimum absolute atomic E-state index is 0.101. The summed E-state index contributed by atoms with van der Waals surface area (Å²) in [5, 5.41) is 10.8. The molecule has 0 saturated heterocycles. The quantitative estimate of drug-likeness (QED) is 0.687. The molecule has 5 nitrogen and oxygen atoms in total. The maximum Gasteiger partial charge on any atom is 0.224 e. The van der Waals surface area contributed by atoms with Gasteiger partial charge in [-0.05, 0) is 51.5 Å². The molecule has 0 bridgehead atoms. The summed E-state index contributed by atoms with van der Waals surface area (Å²) in [6, 6.07) is 4.43. The number of benzene rings is 1. The van der Waals surface area contributed by atoms with Crippen LogP contribution < -0.4 is 5.32 Å². The maximum absolute atomic E-state index is 13.5. The monoisotopic (exact) mass is 328 g/mol. The Balaban J connectivity index is 1.80. The number of nitrogens with zero attached hydrogens (tertiary/aromatic N) is 1. The highest BCUT2D eigenvalue weighted by molar-refractivity contribution is 5.90. The van der Waals surface area contributed by atoms with E-state index in [9.17, 15) is 9.18 Å². The van der Waals surface area contributed by atoms with Crippen LogP contribution in [0.1, 0.15) is 41.2 Å². The van der Waals surface area contributed by atoms with Gasteiger partial charge in [-0.15, -0.1) is 0 Å². The van der Waals surface area contributed by atoms with Gasteiger partial charge < -0.3 is 10.3 Å². The lowest BCUT2D eigenvalue weighted by atomic mass is 10.0. The van der Waals surface area contributed by atoms with Crippen LogP contribution in [0.4, 0.5) is 4.39 Å². The first kappa shape index (κ1) is 16.2. The van der Waals surface area contributed by atoms with Gasteiger partial charge in [-0.1, -0.05) is 0 Å². The number of H-pyrrole nitrogens is 2. The molecule has 1 atom stereocenters. The number of hydrogen-bond acceptors (Lipinski definition) is 2. The Kier molecular flexibility index (Phi) is 4.13. The number of aryl methyl sites for hydroxylation is 3. The summed E-state index contributed by atoms with van der Waals surface area (Å²) in [4.78, 5) is 15.7. The van der Waals surface area contributed by atoms with Crippen molar-refractivity contribution in [3.63, 3.8) is 0 Å². The van der Waals surface area contributed by atoms with Gasteiger partial charge in [-0.2, -0.15) is 5.10 Å². The minimum atomic E-state index is -0.304. The number of nitrogens with one attached hydrogen (secondary N) is 3. The third-order valence-corrected chi connectivity index (χ3v) is 4.41. The number of amides is 1. The van der Waals surface area contributed by atoms with Gasteiger partial charge in [-0.3, -0.25) is 9.89 Å². The fourth-order valence-corrected chi connectivity index (χ4v) is 3.31. The summed E-state index contributed by atoms with van der Waals surface area (Å²) in [5.74, 6) is -0.406. The first-order chi connectivity index (χ1) is 11.4. The van der Waals surface area contributed by atoms with Crippen LogP contribution in [0.5, 0.6) is 0 Å². The van der Waals surface area contributed by atoms with Crippen molar-refractivity contribution in [3.8, 4) is 0 Å². The van der Waals surface area contributed by atoms with Crippen LogP contribution in [0.25, 0.3) is 10.9 Å². The first-order valence-corrected chi connectivity index (χ1v) is 7.94. The molecule has 0 fully saturated rings. The molecule has 0 spiro atoms. The molecule has 3 aromatic rings. The Morgan fingerprint density at radius 1 is 1.29 bits per heavy atom. The van der Waals surface area contributed by atoms with Gasteiger partial charge in [0.2, 0.25) is 5.91 Å². The van der Waals surface area contributed by atoms with Gasteiger partial charge in [0, 0.05) is 27.9 Å². The van der Waals surface area contributed by atoms with Crippen LogP contribution in [0, 0.1) is 26.6 Å². The minimum Gasteiger partial charge on any atom is -0.358 e. The SMILES string of the molecule is Cc1n[nH]c(C)c1C(C)NC(=O)Cc1c(C)[nH]c2ccc(F)cc12. The number of halogens is 1. The second-order valence-corrected chi connectivity index (χ2v) is 6.23. The lowest BCUT2D eigenvalue weighted by Gasteiger charge is -2.14. The molecule has 0 radical (unpaired) electrons. The van der Waals surface area contributed by atoms with E-state index in [-0.39, 0.29) is 24.2 Å². The van der Waals surface area contributed by atoms with Gasteiger partial charge in [0.25, 0.3) is 0 Å². The van der Waals surface area contributed by atoms with Crippen molar-refractivity contribution in [1.82, 2.24) is 20.5 Å². The third kappa shape index (κ3) is 2.91. The Morgan fingerprint density at radius 2 is 2.04 bits per heavy atom. The summed E-state index contributed by atoms with van der Waals surface area (Å²) in [6.07, 6.45) is 0.204. The van der Waals surface area contributed by atoms with Crippen LogP contribution in [-0.2, 0) is 11.2 Å². The van der Waals surface area contributed by atoms with Crippen molar-refractivity contribution >= 4 is 16.8 Å². The van der Waals surface area contributed by atoms with Crippen LogP contribution >= 0.6 is 0 Å². The summed E-state index contributed by atoms with van der Waals surface area (Å²) >= 11 is 0. The fourth-order valence-electron chi connectivity index (χ4n) is 3.31. The zero-order chi connectivity index (χ0) is 17.4. The molecule has 2 aromatic heterocycles. The van der Waals surface area contributed by atoms with Gasteiger partial charge in [0.1, 0.15) is 5.82 Å². The van der Waals surface area contributed by atoms with E-state index in [1.807, 2.05) is 27.7 Å². The summed E-state index contributed by atoms with van der Waals surface area (Å²) in [5.41, 5.74) is 5.39. The molecule has 1 unspecified atom stereocenters. The molecule has 1 amide bonds. The van der Waals surface area contributed by atoms with E-state index in [1.54, 1.807) is 6.07 Å². The lowest BCUT2D eigenvalue weighted by Crippen LogP contribution is -2.28. The van der Waals surface area contributed by atoms with Crippen molar-refractivity contribution in [1.29, 1.82) is 0 Å². The van der Waals surface area contributed by atoms with Crippen molar-refractivity contribution < 1.29 is 9.18 Å². The molecule has 0 aliphatic heterocycles. The Bertz CT molecular complexity index is 890. The van der Waals surface area contributed by atoms with Crippen LogP contribution in [-0.4, -0.2) is 21.1 Å².